The standard InChI is InChI=1S/C15H22ClN3O/c16-14-11-13(12-18-5-3-17-4-6-18)1-2-15(14)19-7-9-20-10-8-19/h1-2,11,17H,3-10,12H2. The number of hydrogen-bond donors (Lipinski definition) is 1. The predicted octanol–water partition coefficient (Wildman–Crippen LogP) is 1.58. The molecule has 0 saturated carbocycles. The van der Waals surface area contributed by atoms with E-state index >= 15 is 0 Å². The van der Waals surface area contributed by atoms with E-state index in [4.69, 9.17) is 16.3 Å². The molecule has 0 bridgehead atoms. The fourth-order valence-corrected chi connectivity index (χ4v) is 3.16. The van der Waals surface area contributed by atoms with Gasteiger partial charge in [0.2, 0.25) is 0 Å². The van der Waals surface area contributed by atoms with E-state index in [-0.39, 0.29) is 0 Å². The smallest absolute Gasteiger partial charge is 0.0642 e. The minimum absolute atomic E-state index is 0.791. The van der Waals surface area contributed by atoms with Crippen molar-refractivity contribution in [2.75, 3.05) is 57.4 Å². The second kappa shape index (κ2) is 6.76. The van der Waals surface area contributed by atoms with Crippen molar-refractivity contribution >= 4 is 17.3 Å². The molecule has 0 atom stereocenters. The zero-order valence-electron chi connectivity index (χ0n) is 11.8. The number of piperazine rings is 1. The first kappa shape index (κ1) is 14.1. The molecule has 20 heavy (non-hydrogen) atoms. The Labute approximate surface area is 125 Å². The number of ether oxygens (including phenoxy) is 1. The van der Waals surface area contributed by atoms with Crippen molar-refractivity contribution in [3.8, 4) is 0 Å². The van der Waals surface area contributed by atoms with E-state index in [0.29, 0.717) is 0 Å². The minimum Gasteiger partial charge on any atom is -0.378 e. The van der Waals surface area contributed by atoms with Crippen LogP contribution in [0.25, 0.3) is 0 Å². The molecule has 0 aliphatic carbocycles. The van der Waals surface area contributed by atoms with Crippen LogP contribution in [0, 0.1) is 0 Å². The minimum atomic E-state index is 0.791. The quantitative estimate of drug-likeness (QED) is 0.916. The summed E-state index contributed by atoms with van der Waals surface area (Å²) in [4.78, 5) is 4.77. The summed E-state index contributed by atoms with van der Waals surface area (Å²) in [5, 5.41) is 4.24. The third-order valence-electron chi connectivity index (χ3n) is 3.98. The molecule has 0 radical (unpaired) electrons. The number of morpholine rings is 1. The topological polar surface area (TPSA) is 27.7 Å². The molecule has 1 aromatic rings. The van der Waals surface area contributed by atoms with Gasteiger partial charge in [0, 0.05) is 45.8 Å². The van der Waals surface area contributed by atoms with Gasteiger partial charge in [-0.05, 0) is 17.7 Å². The first-order valence-electron chi connectivity index (χ1n) is 7.37. The first-order chi connectivity index (χ1) is 9.83. The monoisotopic (exact) mass is 295 g/mol. The van der Waals surface area contributed by atoms with Gasteiger partial charge in [0.25, 0.3) is 0 Å². The summed E-state index contributed by atoms with van der Waals surface area (Å²) < 4.78 is 5.39. The van der Waals surface area contributed by atoms with Gasteiger partial charge < -0.3 is 15.0 Å². The van der Waals surface area contributed by atoms with Gasteiger partial charge in [0.1, 0.15) is 0 Å². The van der Waals surface area contributed by atoms with Crippen LogP contribution in [0.4, 0.5) is 5.69 Å². The zero-order chi connectivity index (χ0) is 13.8. The van der Waals surface area contributed by atoms with Crippen molar-refractivity contribution < 1.29 is 4.74 Å². The Morgan fingerprint density at radius 2 is 1.85 bits per heavy atom. The van der Waals surface area contributed by atoms with Crippen LogP contribution in [0.2, 0.25) is 5.02 Å². The molecular formula is C15H22ClN3O. The maximum absolute atomic E-state index is 6.47. The molecule has 5 heteroatoms. The van der Waals surface area contributed by atoms with Crippen LogP contribution in [0.15, 0.2) is 18.2 Å². The molecule has 2 aliphatic rings. The molecule has 2 fully saturated rings. The molecule has 0 unspecified atom stereocenters. The molecule has 2 heterocycles. The van der Waals surface area contributed by atoms with Gasteiger partial charge in [-0.2, -0.15) is 0 Å². The van der Waals surface area contributed by atoms with Crippen LogP contribution in [-0.2, 0) is 11.3 Å². The van der Waals surface area contributed by atoms with Crippen molar-refractivity contribution in [3.05, 3.63) is 28.8 Å². The zero-order valence-corrected chi connectivity index (χ0v) is 12.5. The molecule has 0 amide bonds. The van der Waals surface area contributed by atoms with Gasteiger partial charge in [-0.15, -0.1) is 0 Å². The predicted molar refractivity (Wildman–Crippen MR) is 82.6 cm³/mol. The average molecular weight is 296 g/mol. The van der Waals surface area contributed by atoms with Gasteiger partial charge in [-0.1, -0.05) is 17.7 Å². The molecule has 110 valence electrons. The Balaban J connectivity index is 1.66. The van der Waals surface area contributed by atoms with Gasteiger partial charge in [-0.3, -0.25) is 4.90 Å². The van der Waals surface area contributed by atoms with Crippen molar-refractivity contribution in [2.45, 2.75) is 6.54 Å². The van der Waals surface area contributed by atoms with E-state index < -0.39 is 0 Å². The third kappa shape index (κ3) is 3.44. The molecule has 2 aliphatic heterocycles. The summed E-state index contributed by atoms with van der Waals surface area (Å²) >= 11 is 6.47. The van der Waals surface area contributed by atoms with Crippen LogP contribution in [0.3, 0.4) is 0 Å². The van der Waals surface area contributed by atoms with E-state index in [2.05, 4.69) is 33.3 Å². The summed E-state index contributed by atoms with van der Waals surface area (Å²) in [6.45, 7) is 8.82. The van der Waals surface area contributed by atoms with E-state index in [1.807, 2.05) is 0 Å². The fraction of sp³-hybridized carbons (Fsp3) is 0.600. The fourth-order valence-electron chi connectivity index (χ4n) is 2.84. The van der Waals surface area contributed by atoms with Crippen molar-refractivity contribution in [1.29, 1.82) is 0 Å². The van der Waals surface area contributed by atoms with Crippen LogP contribution in [0.1, 0.15) is 5.56 Å². The van der Waals surface area contributed by atoms with Gasteiger partial charge in [-0.25, -0.2) is 0 Å². The maximum Gasteiger partial charge on any atom is 0.0642 e. The normalized spacial score (nSPS) is 21.1. The Morgan fingerprint density at radius 3 is 2.55 bits per heavy atom. The number of benzene rings is 1. The SMILES string of the molecule is Clc1cc(CN2CCNCC2)ccc1N1CCOCC1. The largest absolute Gasteiger partial charge is 0.378 e. The Bertz CT molecular complexity index is 443. The lowest BCUT2D eigenvalue weighted by Gasteiger charge is -2.30. The van der Waals surface area contributed by atoms with E-state index in [1.54, 1.807) is 0 Å². The molecule has 1 N–H and O–H groups in total. The van der Waals surface area contributed by atoms with Crippen molar-refractivity contribution in [1.82, 2.24) is 10.2 Å². The maximum atomic E-state index is 6.47. The highest BCUT2D eigenvalue weighted by atomic mass is 35.5. The van der Waals surface area contributed by atoms with Gasteiger partial charge in [0.15, 0.2) is 0 Å². The van der Waals surface area contributed by atoms with Gasteiger partial charge in [0.05, 0.1) is 23.9 Å². The summed E-state index contributed by atoms with van der Waals surface area (Å²) in [6.07, 6.45) is 0. The Hall–Kier alpha value is -0.810. The summed E-state index contributed by atoms with van der Waals surface area (Å²) in [7, 11) is 0. The molecule has 3 rings (SSSR count). The Morgan fingerprint density at radius 1 is 1.10 bits per heavy atom. The number of halogens is 1. The number of anilines is 1. The van der Waals surface area contributed by atoms with Crippen molar-refractivity contribution in [3.63, 3.8) is 0 Å². The number of hydrogen-bond acceptors (Lipinski definition) is 4. The molecule has 4 nitrogen and oxygen atoms in total. The lowest BCUT2D eigenvalue weighted by atomic mass is 10.1. The number of rotatable bonds is 3. The highest BCUT2D eigenvalue weighted by Gasteiger charge is 2.15. The van der Waals surface area contributed by atoms with E-state index in [9.17, 15) is 0 Å². The molecule has 0 aromatic heterocycles. The third-order valence-corrected chi connectivity index (χ3v) is 4.28. The van der Waals surface area contributed by atoms with Crippen LogP contribution in [0.5, 0.6) is 0 Å². The van der Waals surface area contributed by atoms with E-state index in [0.717, 1.165) is 69.7 Å². The van der Waals surface area contributed by atoms with Crippen LogP contribution >= 0.6 is 11.6 Å². The lowest BCUT2D eigenvalue weighted by molar-refractivity contribution is 0.122. The second-order valence-electron chi connectivity index (χ2n) is 5.41. The molecule has 1 aromatic carbocycles. The molecular weight excluding hydrogens is 274 g/mol. The summed E-state index contributed by atoms with van der Waals surface area (Å²) in [6, 6.07) is 6.48. The number of nitrogens with one attached hydrogen (secondary N) is 1. The Kier molecular flexibility index (Phi) is 4.78. The summed E-state index contributed by atoms with van der Waals surface area (Å²) in [5.41, 5.74) is 2.44. The highest BCUT2D eigenvalue weighted by molar-refractivity contribution is 6.33. The lowest BCUT2D eigenvalue weighted by Crippen LogP contribution is -2.42. The van der Waals surface area contributed by atoms with Gasteiger partial charge >= 0.3 is 0 Å². The van der Waals surface area contributed by atoms with Crippen LogP contribution < -0.4 is 10.2 Å². The highest BCUT2D eigenvalue weighted by Crippen LogP contribution is 2.28. The molecule has 2 saturated heterocycles. The molecule has 0 spiro atoms. The van der Waals surface area contributed by atoms with E-state index in [1.165, 1.54) is 5.56 Å². The average Bonchev–Trinajstić information content (AvgIpc) is 2.49. The van der Waals surface area contributed by atoms with Crippen molar-refractivity contribution in [2.24, 2.45) is 0 Å². The number of nitrogens with zero attached hydrogens (tertiary/aromatic N) is 2. The first-order valence-corrected chi connectivity index (χ1v) is 7.75. The summed E-state index contributed by atoms with van der Waals surface area (Å²) in [5.74, 6) is 0. The second-order valence-corrected chi connectivity index (χ2v) is 5.82. The van der Waals surface area contributed by atoms with Crippen LogP contribution in [-0.4, -0.2) is 57.4 Å².